The zero-order chi connectivity index (χ0) is 12.2. The van der Waals surface area contributed by atoms with Crippen LogP contribution in [0.2, 0.25) is 0 Å². The lowest BCUT2D eigenvalue weighted by molar-refractivity contribution is 0.715. The summed E-state index contributed by atoms with van der Waals surface area (Å²) in [7, 11) is 3.59. The maximum atomic E-state index is 12.0. The molecular formula is C11H13N5O. The van der Waals surface area contributed by atoms with Gasteiger partial charge in [0.15, 0.2) is 5.82 Å². The molecule has 0 saturated carbocycles. The van der Waals surface area contributed by atoms with Crippen molar-refractivity contribution < 1.29 is 0 Å². The molecule has 1 aromatic heterocycles. The summed E-state index contributed by atoms with van der Waals surface area (Å²) in [5.41, 5.74) is 8.18. The molecule has 17 heavy (non-hydrogen) atoms. The molecule has 0 aliphatic carbocycles. The summed E-state index contributed by atoms with van der Waals surface area (Å²) >= 11 is 0. The Morgan fingerprint density at radius 1 is 1.35 bits per heavy atom. The van der Waals surface area contributed by atoms with Crippen LogP contribution in [0.5, 0.6) is 0 Å². The molecule has 2 aromatic rings. The lowest BCUT2D eigenvalue weighted by atomic mass is 10.1. The minimum atomic E-state index is -0.139. The quantitative estimate of drug-likeness (QED) is 0.653. The molecule has 1 aliphatic heterocycles. The molecule has 0 spiro atoms. The molecule has 0 unspecified atom stereocenters. The number of nitrogen functional groups attached to an aromatic ring is 1. The van der Waals surface area contributed by atoms with Crippen molar-refractivity contribution in [2.45, 2.75) is 6.54 Å². The van der Waals surface area contributed by atoms with Crippen LogP contribution in [0.4, 0.5) is 11.4 Å². The molecule has 2 N–H and O–H groups in total. The van der Waals surface area contributed by atoms with E-state index in [1.165, 1.54) is 4.68 Å². The molecule has 0 fully saturated rings. The van der Waals surface area contributed by atoms with Crippen LogP contribution in [0, 0.1) is 0 Å². The summed E-state index contributed by atoms with van der Waals surface area (Å²) in [4.78, 5) is 14.0. The largest absolute Gasteiger partial charge is 0.397 e. The van der Waals surface area contributed by atoms with Crippen molar-refractivity contribution in [3.63, 3.8) is 0 Å². The zero-order valence-corrected chi connectivity index (χ0v) is 9.71. The first kappa shape index (κ1) is 9.95. The minimum absolute atomic E-state index is 0.139. The van der Waals surface area contributed by atoms with E-state index < -0.39 is 0 Å². The Labute approximate surface area is 97.9 Å². The molecule has 6 heteroatoms. The molecule has 0 saturated heterocycles. The fraction of sp³-hybridized carbons (Fsp3) is 0.273. The molecule has 88 valence electrons. The number of anilines is 2. The molecule has 6 nitrogen and oxygen atoms in total. The number of hydrogen-bond donors (Lipinski definition) is 1. The Bertz CT molecular complexity index is 654. The first-order chi connectivity index (χ1) is 8.09. The highest BCUT2D eigenvalue weighted by molar-refractivity contribution is 5.78. The first-order valence-corrected chi connectivity index (χ1v) is 5.34. The van der Waals surface area contributed by atoms with Crippen LogP contribution in [0.1, 0.15) is 5.82 Å². The van der Waals surface area contributed by atoms with Gasteiger partial charge in [0.25, 0.3) is 0 Å². The van der Waals surface area contributed by atoms with Gasteiger partial charge < -0.3 is 10.6 Å². The fourth-order valence-electron chi connectivity index (χ4n) is 2.30. The van der Waals surface area contributed by atoms with Gasteiger partial charge in [-0.15, -0.1) is 0 Å². The highest BCUT2D eigenvalue weighted by Crippen LogP contribution is 2.33. The molecule has 0 bridgehead atoms. The number of nitrogens with zero attached hydrogens (tertiary/aromatic N) is 4. The maximum absolute atomic E-state index is 12.0. The number of benzene rings is 1. The SMILES string of the molecule is CN1Cc2nn(C)c(=O)n2-c2cccc(N)c21. The van der Waals surface area contributed by atoms with Gasteiger partial charge in [-0.05, 0) is 12.1 Å². The summed E-state index contributed by atoms with van der Waals surface area (Å²) in [6, 6.07) is 5.56. The molecule has 0 atom stereocenters. The van der Waals surface area contributed by atoms with Gasteiger partial charge >= 0.3 is 5.69 Å². The highest BCUT2D eigenvalue weighted by atomic mass is 16.2. The van der Waals surface area contributed by atoms with Crippen LogP contribution in [0.3, 0.4) is 0 Å². The molecule has 1 aromatic carbocycles. The lowest BCUT2D eigenvalue weighted by Crippen LogP contribution is -2.31. The van der Waals surface area contributed by atoms with Gasteiger partial charge in [0, 0.05) is 14.1 Å². The van der Waals surface area contributed by atoms with Crippen LogP contribution in [-0.4, -0.2) is 21.4 Å². The van der Waals surface area contributed by atoms with Crippen molar-refractivity contribution in [3.05, 3.63) is 34.5 Å². The van der Waals surface area contributed by atoms with Gasteiger partial charge in [-0.3, -0.25) is 0 Å². The topological polar surface area (TPSA) is 69.1 Å². The second kappa shape index (κ2) is 3.13. The molecule has 1 aliphatic rings. The van der Waals surface area contributed by atoms with Crippen molar-refractivity contribution in [1.82, 2.24) is 14.3 Å². The van der Waals surface area contributed by atoms with Crippen molar-refractivity contribution in [2.24, 2.45) is 7.05 Å². The van der Waals surface area contributed by atoms with Gasteiger partial charge in [-0.25, -0.2) is 14.0 Å². The third kappa shape index (κ3) is 1.20. The predicted molar refractivity (Wildman–Crippen MR) is 65.3 cm³/mol. The van der Waals surface area contributed by atoms with Crippen molar-refractivity contribution in [2.75, 3.05) is 17.7 Å². The average Bonchev–Trinajstić information content (AvgIpc) is 2.54. The number of nitrogens with two attached hydrogens (primary N) is 1. The van der Waals surface area contributed by atoms with E-state index in [0.29, 0.717) is 12.2 Å². The standard InChI is InChI=1S/C11H13N5O/c1-14-6-9-13-15(2)11(17)16(9)8-5-3-4-7(12)10(8)14/h3-5H,6,12H2,1-2H3. The number of rotatable bonds is 0. The molecule has 0 radical (unpaired) electrons. The second-order valence-corrected chi connectivity index (χ2v) is 4.23. The normalized spacial score (nSPS) is 13.4. The summed E-state index contributed by atoms with van der Waals surface area (Å²) in [5, 5.41) is 4.21. The average molecular weight is 231 g/mol. The number of fused-ring (bicyclic) bond motifs is 3. The minimum Gasteiger partial charge on any atom is -0.397 e. The van der Waals surface area contributed by atoms with E-state index in [9.17, 15) is 4.79 Å². The Hall–Kier alpha value is -2.24. The van der Waals surface area contributed by atoms with Gasteiger partial charge in [-0.2, -0.15) is 5.10 Å². The zero-order valence-electron chi connectivity index (χ0n) is 9.71. The number of hydrogen-bond acceptors (Lipinski definition) is 4. The van der Waals surface area contributed by atoms with Crippen molar-refractivity contribution in [3.8, 4) is 5.69 Å². The van der Waals surface area contributed by atoms with Crippen LogP contribution < -0.4 is 16.3 Å². The van der Waals surface area contributed by atoms with Crippen LogP contribution in [0.15, 0.2) is 23.0 Å². The van der Waals surface area contributed by atoms with E-state index in [2.05, 4.69) is 5.10 Å². The van der Waals surface area contributed by atoms with Crippen LogP contribution in [-0.2, 0) is 13.6 Å². The molecule has 0 amide bonds. The Morgan fingerprint density at radius 3 is 2.88 bits per heavy atom. The Kier molecular flexibility index (Phi) is 1.83. The fourth-order valence-corrected chi connectivity index (χ4v) is 2.30. The van der Waals surface area contributed by atoms with E-state index in [4.69, 9.17) is 5.73 Å². The summed E-state index contributed by atoms with van der Waals surface area (Å²) in [5.74, 6) is 0.734. The van der Waals surface area contributed by atoms with E-state index in [0.717, 1.165) is 17.2 Å². The van der Waals surface area contributed by atoms with Gasteiger partial charge in [-0.1, -0.05) is 6.07 Å². The predicted octanol–water partition coefficient (Wildman–Crippen LogP) is 0.103. The third-order valence-corrected chi connectivity index (χ3v) is 3.04. The summed E-state index contributed by atoms with van der Waals surface area (Å²) in [6.45, 7) is 0.581. The molecular weight excluding hydrogens is 218 g/mol. The number of para-hydroxylation sites is 1. The molecule has 2 heterocycles. The monoisotopic (exact) mass is 231 g/mol. The maximum Gasteiger partial charge on any atom is 0.350 e. The smallest absolute Gasteiger partial charge is 0.350 e. The second-order valence-electron chi connectivity index (χ2n) is 4.23. The lowest BCUT2D eigenvalue weighted by Gasteiger charge is -2.28. The van der Waals surface area contributed by atoms with E-state index in [1.54, 1.807) is 11.6 Å². The van der Waals surface area contributed by atoms with E-state index in [1.807, 2.05) is 30.1 Å². The first-order valence-electron chi connectivity index (χ1n) is 5.34. The van der Waals surface area contributed by atoms with Gasteiger partial charge in [0.2, 0.25) is 0 Å². The Morgan fingerprint density at radius 2 is 2.12 bits per heavy atom. The van der Waals surface area contributed by atoms with Crippen LogP contribution >= 0.6 is 0 Å². The Balaban J connectivity index is 2.40. The van der Waals surface area contributed by atoms with Crippen LogP contribution in [0.25, 0.3) is 5.69 Å². The van der Waals surface area contributed by atoms with E-state index in [-0.39, 0.29) is 5.69 Å². The number of aromatic nitrogens is 3. The van der Waals surface area contributed by atoms with Crippen molar-refractivity contribution in [1.29, 1.82) is 0 Å². The summed E-state index contributed by atoms with van der Waals surface area (Å²) < 4.78 is 2.97. The number of aryl methyl sites for hydroxylation is 1. The highest BCUT2D eigenvalue weighted by Gasteiger charge is 2.25. The van der Waals surface area contributed by atoms with Gasteiger partial charge in [0.1, 0.15) is 0 Å². The molecule has 3 rings (SSSR count). The van der Waals surface area contributed by atoms with Crippen molar-refractivity contribution >= 4 is 11.4 Å². The summed E-state index contributed by atoms with van der Waals surface area (Å²) in [6.07, 6.45) is 0. The van der Waals surface area contributed by atoms with E-state index >= 15 is 0 Å². The van der Waals surface area contributed by atoms with Gasteiger partial charge in [0.05, 0.1) is 23.6 Å². The third-order valence-electron chi connectivity index (χ3n) is 3.04.